The van der Waals surface area contributed by atoms with E-state index in [1.807, 2.05) is 26.0 Å². The fraction of sp³-hybridized carbons (Fsp3) is 0.647. The molecule has 0 unspecified atom stereocenters. The molecule has 2 nitrogen and oxygen atoms in total. The van der Waals surface area contributed by atoms with Gasteiger partial charge in [-0.05, 0) is 69.5 Å². The van der Waals surface area contributed by atoms with Crippen molar-refractivity contribution in [2.75, 3.05) is 19.7 Å². The number of halogens is 1. The lowest BCUT2D eigenvalue weighted by Gasteiger charge is -2.10. The molecule has 0 amide bonds. The van der Waals surface area contributed by atoms with Gasteiger partial charge in [0.15, 0.2) is 0 Å². The van der Waals surface area contributed by atoms with Crippen molar-refractivity contribution < 1.29 is 4.74 Å². The minimum atomic E-state index is 0.795. The average Bonchev–Trinajstić information content (AvgIpc) is 2.43. The zero-order chi connectivity index (χ0) is 14.8. The molecule has 0 aliphatic heterocycles. The first-order valence-electron chi connectivity index (χ1n) is 7.75. The van der Waals surface area contributed by atoms with Gasteiger partial charge in [0.1, 0.15) is 5.75 Å². The molecule has 0 aromatic heterocycles. The van der Waals surface area contributed by atoms with Gasteiger partial charge >= 0.3 is 0 Å². The fourth-order valence-electron chi connectivity index (χ4n) is 2.19. The fourth-order valence-corrected chi connectivity index (χ4v) is 2.30. The van der Waals surface area contributed by atoms with Crippen molar-refractivity contribution in [3.8, 4) is 5.75 Å². The first-order valence-corrected chi connectivity index (χ1v) is 8.13. The number of rotatable bonds is 10. The molecule has 1 N–H and O–H groups in total. The van der Waals surface area contributed by atoms with Crippen molar-refractivity contribution in [1.82, 2.24) is 5.32 Å². The van der Waals surface area contributed by atoms with Crippen molar-refractivity contribution in [2.45, 2.75) is 52.9 Å². The molecule has 0 spiro atoms. The normalized spacial score (nSPS) is 10.8. The molecule has 0 radical (unpaired) electrons. The summed E-state index contributed by atoms with van der Waals surface area (Å²) < 4.78 is 5.79. The highest BCUT2D eigenvalue weighted by Gasteiger charge is 2.03. The monoisotopic (exact) mass is 297 g/mol. The predicted molar refractivity (Wildman–Crippen MR) is 88.0 cm³/mol. The summed E-state index contributed by atoms with van der Waals surface area (Å²) in [6.45, 7) is 9.31. The van der Waals surface area contributed by atoms with Crippen LogP contribution in [-0.4, -0.2) is 19.7 Å². The number of unbranched alkanes of at least 4 members (excludes halogenated alkanes) is 3. The maximum atomic E-state index is 6.14. The molecule has 0 aliphatic carbocycles. The van der Waals surface area contributed by atoms with Crippen LogP contribution in [0.1, 0.15) is 50.2 Å². The number of nitrogens with one attached hydrogen (secondary N) is 1. The maximum Gasteiger partial charge on any atom is 0.119 e. The van der Waals surface area contributed by atoms with Gasteiger partial charge in [0.25, 0.3) is 0 Å². The van der Waals surface area contributed by atoms with E-state index in [0.717, 1.165) is 48.0 Å². The van der Waals surface area contributed by atoms with Crippen molar-refractivity contribution in [1.29, 1.82) is 0 Å². The van der Waals surface area contributed by atoms with Gasteiger partial charge < -0.3 is 10.1 Å². The molecule has 20 heavy (non-hydrogen) atoms. The number of hydrogen-bond donors (Lipinski definition) is 1. The summed E-state index contributed by atoms with van der Waals surface area (Å²) >= 11 is 6.14. The predicted octanol–water partition coefficient (Wildman–Crippen LogP) is 4.90. The molecule has 1 aromatic carbocycles. The van der Waals surface area contributed by atoms with E-state index in [1.54, 1.807) is 0 Å². The third kappa shape index (κ3) is 6.62. The van der Waals surface area contributed by atoms with E-state index >= 15 is 0 Å². The smallest absolute Gasteiger partial charge is 0.119 e. The minimum absolute atomic E-state index is 0.795. The van der Waals surface area contributed by atoms with Crippen LogP contribution >= 0.6 is 11.6 Å². The van der Waals surface area contributed by atoms with Gasteiger partial charge in [-0.1, -0.05) is 31.4 Å². The Morgan fingerprint density at radius 1 is 1.00 bits per heavy atom. The lowest BCUT2D eigenvalue weighted by molar-refractivity contribution is 0.304. The highest BCUT2D eigenvalue weighted by molar-refractivity contribution is 6.32. The number of ether oxygens (including phenoxy) is 1. The second-order valence-corrected chi connectivity index (χ2v) is 5.76. The third-order valence-corrected chi connectivity index (χ3v) is 3.95. The summed E-state index contributed by atoms with van der Waals surface area (Å²) in [6.07, 6.45) is 6.11. The second kappa shape index (κ2) is 10.1. The molecule has 0 bridgehead atoms. The Morgan fingerprint density at radius 3 is 2.30 bits per heavy atom. The summed E-state index contributed by atoms with van der Waals surface area (Å²) in [5, 5.41) is 4.27. The van der Waals surface area contributed by atoms with Crippen LogP contribution in [0.2, 0.25) is 5.02 Å². The SMILES string of the molecule is CCCNCCCCCCOc1cc(C)c(Cl)c(C)c1. The van der Waals surface area contributed by atoms with Gasteiger partial charge in [-0.3, -0.25) is 0 Å². The zero-order valence-corrected chi connectivity index (χ0v) is 13.9. The third-order valence-electron chi connectivity index (χ3n) is 3.35. The van der Waals surface area contributed by atoms with Crippen LogP contribution in [0.15, 0.2) is 12.1 Å². The molecule has 1 rings (SSSR count). The molecule has 1 aromatic rings. The largest absolute Gasteiger partial charge is 0.494 e. The highest BCUT2D eigenvalue weighted by atomic mass is 35.5. The lowest BCUT2D eigenvalue weighted by Crippen LogP contribution is -2.15. The van der Waals surface area contributed by atoms with Gasteiger partial charge in [0.2, 0.25) is 0 Å². The van der Waals surface area contributed by atoms with Crippen LogP contribution in [-0.2, 0) is 0 Å². The van der Waals surface area contributed by atoms with Crippen LogP contribution in [0, 0.1) is 13.8 Å². The first-order chi connectivity index (χ1) is 9.65. The number of hydrogen-bond acceptors (Lipinski definition) is 2. The van der Waals surface area contributed by atoms with Crippen LogP contribution in [0.3, 0.4) is 0 Å². The molecule has 0 aliphatic rings. The molecule has 114 valence electrons. The highest BCUT2D eigenvalue weighted by Crippen LogP contribution is 2.25. The van der Waals surface area contributed by atoms with E-state index < -0.39 is 0 Å². The molecule has 0 saturated carbocycles. The van der Waals surface area contributed by atoms with Crippen LogP contribution in [0.5, 0.6) is 5.75 Å². The maximum absolute atomic E-state index is 6.14. The van der Waals surface area contributed by atoms with Gasteiger partial charge in [0.05, 0.1) is 6.61 Å². The lowest BCUT2D eigenvalue weighted by atomic mass is 10.1. The summed E-state index contributed by atoms with van der Waals surface area (Å²) in [4.78, 5) is 0. The summed E-state index contributed by atoms with van der Waals surface area (Å²) in [5.74, 6) is 0.939. The summed E-state index contributed by atoms with van der Waals surface area (Å²) in [7, 11) is 0. The summed E-state index contributed by atoms with van der Waals surface area (Å²) in [6, 6.07) is 4.04. The van der Waals surface area contributed by atoms with Crippen molar-refractivity contribution in [3.05, 3.63) is 28.3 Å². The average molecular weight is 298 g/mol. The Morgan fingerprint density at radius 2 is 1.65 bits per heavy atom. The van der Waals surface area contributed by atoms with Gasteiger partial charge in [-0.15, -0.1) is 0 Å². The topological polar surface area (TPSA) is 21.3 Å². The molecule has 0 saturated heterocycles. The Labute approximate surface area is 128 Å². The minimum Gasteiger partial charge on any atom is -0.494 e. The van der Waals surface area contributed by atoms with E-state index in [0.29, 0.717) is 0 Å². The molecule has 0 fully saturated rings. The van der Waals surface area contributed by atoms with Crippen molar-refractivity contribution >= 4 is 11.6 Å². The first kappa shape index (κ1) is 17.3. The number of benzene rings is 1. The van der Waals surface area contributed by atoms with E-state index in [1.165, 1.54) is 25.7 Å². The van der Waals surface area contributed by atoms with Crippen LogP contribution in [0.4, 0.5) is 0 Å². The van der Waals surface area contributed by atoms with Gasteiger partial charge in [-0.2, -0.15) is 0 Å². The van der Waals surface area contributed by atoms with Crippen molar-refractivity contribution in [3.63, 3.8) is 0 Å². The van der Waals surface area contributed by atoms with E-state index in [9.17, 15) is 0 Å². The van der Waals surface area contributed by atoms with E-state index in [4.69, 9.17) is 16.3 Å². The Hall–Kier alpha value is -0.730. The molecule has 0 atom stereocenters. The molecular weight excluding hydrogens is 270 g/mol. The Kier molecular flexibility index (Phi) is 8.72. The number of aryl methyl sites for hydroxylation is 2. The van der Waals surface area contributed by atoms with Gasteiger partial charge in [0, 0.05) is 5.02 Å². The van der Waals surface area contributed by atoms with Crippen LogP contribution < -0.4 is 10.1 Å². The van der Waals surface area contributed by atoms with E-state index in [-0.39, 0.29) is 0 Å². The summed E-state index contributed by atoms with van der Waals surface area (Å²) in [5.41, 5.74) is 2.17. The Bertz CT molecular complexity index is 370. The van der Waals surface area contributed by atoms with Crippen molar-refractivity contribution in [2.24, 2.45) is 0 Å². The quantitative estimate of drug-likeness (QED) is 0.621. The second-order valence-electron chi connectivity index (χ2n) is 5.38. The molecule has 3 heteroatoms. The van der Waals surface area contributed by atoms with Crippen LogP contribution in [0.25, 0.3) is 0 Å². The molecular formula is C17H28ClNO. The van der Waals surface area contributed by atoms with E-state index in [2.05, 4.69) is 12.2 Å². The Balaban J connectivity index is 2.10. The zero-order valence-electron chi connectivity index (χ0n) is 13.1. The molecule has 0 heterocycles. The standard InChI is InChI=1S/C17H28ClNO/c1-4-9-19-10-7-5-6-8-11-20-16-12-14(2)17(18)15(3)13-16/h12-13,19H,4-11H2,1-3H3. The van der Waals surface area contributed by atoms with Gasteiger partial charge in [-0.25, -0.2) is 0 Å².